The van der Waals surface area contributed by atoms with Crippen LogP contribution in [-0.4, -0.2) is 53.3 Å². The minimum atomic E-state index is -1.14. The molecule has 0 spiro atoms. The first-order valence-corrected chi connectivity index (χ1v) is 9.75. The van der Waals surface area contributed by atoms with Gasteiger partial charge in [-0.25, -0.2) is 18.2 Å². The molecule has 0 radical (unpaired) electrons. The van der Waals surface area contributed by atoms with Crippen molar-refractivity contribution in [3.8, 4) is 10.6 Å². The lowest BCUT2D eigenvalue weighted by Gasteiger charge is -2.14. The highest BCUT2D eigenvalue weighted by atomic mass is 32.1. The van der Waals surface area contributed by atoms with Crippen molar-refractivity contribution in [2.45, 2.75) is 19.3 Å². The Morgan fingerprint density at radius 3 is 2.46 bits per heavy atom. The average molecular weight is 407 g/mol. The largest absolute Gasteiger partial charge is 0.301 e. The summed E-state index contributed by atoms with van der Waals surface area (Å²) in [6.45, 7) is 3.13. The van der Waals surface area contributed by atoms with Gasteiger partial charge < -0.3 is 4.90 Å². The zero-order chi connectivity index (χ0) is 19.8. The molecule has 146 valence electrons. The van der Waals surface area contributed by atoms with Gasteiger partial charge in [0.15, 0.2) is 5.78 Å². The van der Waals surface area contributed by atoms with Crippen molar-refractivity contribution in [2.24, 2.45) is 4.99 Å². The molecular formula is C19H16F3N3O2S. The van der Waals surface area contributed by atoms with Gasteiger partial charge in [0.25, 0.3) is 0 Å². The molecule has 2 heterocycles. The minimum absolute atomic E-state index is 0.0571. The molecule has 2 aromatic rings. The van der Waals surface area contributed by atoms with E-state index in [0.29, 0.717) is 25.2 Å². The standard InChI is InChI=1S/C19H16F3N3O2S/c20-10-7-11(21)15(12(22)8-10)19-24-16-17(27)13(9-14(26)18(16)28-19)23-3-6-25-4-1-2-5-25/h7-8H,1-6,9H2. The quantitative estimate of drug-likeness (QED) is 0.778. The average Bonchev–Trinajstić information content (AvgIpc) is 3.28. The molecule has 4 rings (SSSR count). The third-order valence-electron chi connectivity index (χ3n) is 4.82. The molecule has 28 heavy (non-hydrogen) atoms. The van der Waals surface area contributed by atoms with Crippen LogP contribution in [0.25, 0.3) is 10.6 Å². The zero-order valence-electron chi connectivity index (χ0n) is 14.8. The zero-order valence-corrected chi connectivity index (χ0v) is 15.6. The van der Waals surface area contributed by atoms with Gasteiger partial charge in [0.1, 0.15) is 33.0 Å². The van der Waals surface area contributed by atoms with Crippen molar-refractivity contribution in [1.82, 2.24) is 9.88 Å². The fraction of sp³-hybridized carbons (Fsp3) is 0.368. The molecule has 0 N–H and O–H groups in total. The van der Waals surface area contributed by atoms with E-state index in [2.05, 4.69) is 14.9 Å². The Morgan fingerprint density at radius 1 is 1.11 bits per heavy atom. The summed E-state index contributed by atoms with van der Waals surface area (Å²) in [7, 11) is 0. The highest BCUT2D eigenvalue weighted by molar-refractivity contribution is 7.17. The maximum Gasteiger partial charge on any atom is 0.227 e. The molecule has 1 aliphatic heterocycles. The lowest BCUT2D eigenvalue weighted by molar-refractivity contribution is 0.0966. The van der Waals surface area contributed by atoms with E-state index in [1.807, 2.05) is 0 Å². The molecule has 0 amide bonds. The predicted molar refractivity (Wildman–Crippen MR) is 98.7 cm³/mol. The van der Waals surface area contributed by atoms with Crippen LogP contribution in [0, 0.1) is 17.5 Å². The van der Waals surface area contributed by atoms with Gasteiger partial charge in [0.2, 0.25) is 5.78 Å². The van der Waals surface area contributed by atoms with Crippen LogP contribution in [-0.2, 0) is 0 Å². The van der Waals surface area contributed by atoms with E-state index in [4.69, 9.17) is 0 Å². The van der Waals surface area contributed by atoms with Gasteiger partial charge in [-0.05, 0) is 25.9 Å². The summed E-state index contributed by atoms with van der Waals surface area (Å²) in [6, 6.07) is 1.07. The van der Waals surface area contributed by atoms with E-state index in [9.17, 15) is 22.8 Å². The van der Waals surface area contributed by atoms with Gasteiger partial charge in [-0.15, -0.1) is 11.3 Å². The SMILES string of the molecule is O=C1C(=NCCN2CCCC2)CC(=O)c2sc(-c3c(F)cc(F)cc3F)nc21. The lowest BCUT2D eigenvalue weighted by atomic mass is 9.98. The number of rotatable bonds is 4. The van der Waals surface area contributed by atoms with Crippen molar-refractivity contribution in [3.05, 3.63) is 40.2 Å². The van der Waals surface area contributed by atoms with E-state index in [1.54, 1.807) is 0 Å². The fourth-order valence-corrected chi connectivity index (χ4v) is 4.47. The molecule has 2 aliphatic rings. The molecule has 1 aliphatic carbocycles. The Balaban J connectivity index is 1.61. The van der Waals surface area contributed by atoms with Crippen molar-refractivity contribution < 1.29 is 22.8 Å². The predicted octanol–water partition coefficient (Wildman–Crippen LogP) is 3.53. The second-order valence-electron chi connectivity index (χ2n) is 6.75. The van der Waals surface area contributed by atoms with E-state index in [0.717, 1.165) is 37.3 Å². The highest BCUT2D eigenvalue weighted by Gasteiger charge is 2.34. The summed E-state index contributed by atoms with van der Waals surface area (Å²) >= 11 is 0.734. The Morgan fingerprint density at radius 2 is 1.79 bits per heavy atom. The molecule has 0 bridgehead atoms. The number of carbonyl (C=O) groups excluding carboxylic acids is 2. The first kappa shape index (κ1) is 18.9. The molecule has 1 aromatic heterocycles. The van der Waals surface area contributed by atoms with Crippen molar-refractivity contribution in [2.75, 3.05) is 26.2 Å². The molecule has 0 saturated carbocycles. The van der Waals surface area contributed by atoms with Crippen LogP contribution >= 0.6 is 11.3 Å². The summed E-state index contributed by atoms with van der Waals surface area (Å²) in [6.07, 6.45) is 2.15. The second kappa shape index (κ2) is 7.56. The normalized spacial score (nSPS) is 18.9. The number of halogens is 3. The number of likely N-dealkylation sites (tertiary alicyclic amines) is 1. The van der Waals surface area contributed by atoms with E-state index < -0.39 is 28.8 Å². The number of thiazole rings is 1. The van der Waals surface area contributed by atoms with Gasteiger partial charge in [-0.1, -0.05) is 0 Å². The number of aliphatic imine (C=N–C) groups is 1. The number of hydrogen-bond acceptors (Lipinski definition) is 6. The molecule has 5 nitrogen and oxygen atoms in total. The number of aromatic nitrogens is 1. The van der Waals surface area contributed by atoms with E-state index in [1.165, 1.54) is 0 Å². The van der Waals surface area contributed by atoms with Crippen molar-refractivity contribution >= 4 is 28.6 Å². The maximum absolute atomic E-state index is 14.0. The van der Waals surface area contributed by atoms with Gasteiger partial charge in [-0.3, -0.25) is 14.6 Å². The smallest absolute Gasteiger partial charge is 0.227 e. The monoisotopic (exact) mass is 407 g/mol. The summed E-state index contributed by atoms with van der Waals surface area (Å²) in [4.78, 5) is 35.6. The third kappa shape index (κ3) is 3.51. The lowest BCUT2D eigenvalue weighted by Crippen LogP contribution is -2.28. The number of hydrogen-bond donors (Lipinski definition) is 0. The molecule has 0 atom stereocenters. The topological polar surface area (TPSA) is 62.6 Å². The molecule has 1 fully saturated rings. The van der Waals surface area contributed by atoms with Gasteiger partial charge in [0.05, 0.1) is 24.2 Å². The van der Waals surface area contributed by atoms with E-state index in [-0.39, 0.29) is 33.5 Å². The third-order valence-corrected chi connectivity index (χ3v) is 5.94. The van der Waals surface area contributed by atoms with Gasteiger partial charge >= 0.3 is 0 Å². The number of Topliss-reactive ketones (excluding diaryl/α,β-unsaturated/α-hetero) is 2. The van der Waals surface area contributed by atoms with Gasteiger partial charge in [-0.2, -0.15) is 0 Å². The van der Waals surface area contributed by atoms with Crippen LogP contribution in [0.5, 0.6) is 0 Å². The highest BCUT2D eigenvalue weighted by Crippen LogP contribution is 2.35. The van der Waals surface area contributed by atoms with Crippen LogP contribution in [0.1, 0.15) is 39.4 Å². The van der Waals surface area contributed by atoms with Crippen LogP contribution in [0.4, 0.5) is 13.2 Å². The Kier molecular flexibility index (Phi) is 5.11. The molecule has 1 aromatic carbocycles. The Labute approximate surface area is 162 Å². The molecule has 1 saturated heterocycles. The van der Waals surface area contributed by atoms with Crippen LogP contribution in [0.3, 0.4) is 0 Å². The maximum atomic E-state index is 14.0. The second-order valence-corrected chi connectivity index (χ2v) is 7.75. The number of fused-ring (bicyclic) bond motifs is 1. The molecule has 9 heteroatoms. The van der Waals surface area contributed by atoms with Crippen molar-refractivity contribution in [3.63, 3.8) is 0 Å². The first-order chi connectivity index (χ1) is 13.4. The number of benzene rings is 1. The number of ketones is 2. The summed E-state index contributed by atoms with van der Waals surface area (Å²) in [5.74, 6) is -4.19. The summed E-state index contributed by atoms with van der Waals surface area (Å²) in [5, 5.41) is -0.167. The number of nitrogens with zero attached hydrogens (tertiary/aromatic N) is 3. The first-order valence-electron chi connectivity index (χ1n) is 8.93. The molecular weight excluding hydrogens is 391 g/mol. The van der Waals surface area contributed by atoms with Crippen LogP contribution in [0.2, 0.25) is 0 Å². The minimum Gasteiger partial charge on any atom is -0.301 e. The Hall–Kier alpha value is -2.39. The number of carbonyl (C=O) groups is 2. The summed E-state index contributed by atoms with van der Waals surface area (Å²) in [5.41, 5.74) is -0.568. The van der Waals surface area contributed by atoms with Crippen molar-refractivity contribution in [1.29, 1.82) is 0 Å². The van der Waals surface area contributed by atoms with Crippen LogP contribution < -0.4 is 0 Å². The summed E-state index contributed by atoms with van der Waals surface area (Å²) < 4.78 is 41.2. The van der Waals surface area contributed by atoms with Crippen LogP contribution in [0.15, 0.2) is 17.1 Å². The van der Waals surface area contributed by atoms with Gasteiger partial charge in [0, 0.05) is 18.7 Å². The fourth-order valence-electron chi connectivity index (χ4n) is 3.43. The molecule has 0 unspecified atom stereocenters. The Bertz CT molecular complexity index is 973. The van der Waals surface area contributed by atoms with E-state index >= 15 is 0 Å².